The van der Waals surface area contributed by atoms with Gasteiger partial charge in [0.05, 0.1) is 39.5 Å². The van der Waals surface area contributed by atoms with Crippen molar-refractivity contribution in [2.24, 2.45) is 0 Å². The molecule has 0 saturated heterocycles. The zero-order valence-electron chi connectivity index (χ0n) is 43.7. The van der Waals surface area contributed by atoms with Crippen LogP contribution in [0.15, 0.2) is 285 Å². The van der Waals surface area contributed by atoms with Gasteiger partial charge in [-0.25, -0.2) is 9.97 Å². The number of fused-ring (bicyclic) bond motifs is 12. The summed E-state index contributed by atoms with van der Waals surface area (Å²) in [5.41, 5.74) is 21.1. The Hall–Kier alpha value is -10.4. The number of aromatic nitrogens is 4. The Balaban J connectivity index is 0.839. The molecule has 1 aliphatic rings. The monoisotopic (exact) mass is 1020 g/mol. The quantitative estimate of drug-likeness (QED) is 0.142. The van der Waals surface area contributed by atoms with Crippen LogP contribution in [0.4, 0.5) is 0 Å². The summed E-state index contributed by atoms with van der Waals surface area (Å²) in [4.78, 5) is 11.5. The van der Waals surface area contributed by atoms with Gasteiger partial charge in [0.1, 0.15) is 0 Å². The second kappa shape index (κ2) is 18.7. The minimum absolute atomic E-state index is 0.0728. The first-order chi connectivity index (χ1) is 39.7. The standard InChI is InChI=1S/C76H50N4/c1-5-17-49(18-6-1)55-33-41-69-65(45-55)66-46-56(50-19-7-2-8-20-50)34-42-70(66)79(69)59-37-29-53(30-38-59)73-74(78-76-64-28-16-14-26-62(64)61-25-13-15-27-63(61)75(76)77-73)54-31-39-60(40-32-54)80-71-43-35-57(51-21-9-3-10-22-51)47-67(71)68-48-58(36-44-72(68)80)52-23-11-4-12-24-52/h1-39,41-48,60H,40H2. The third-order valence-corrected chi connectivity index (χ3v) is 16.6. The van der Waals surface area contributed by atoms with Crippen molar-refractivity contribution in [2.45, 2.75) is 12.5 Å². The number of allylic oxidation sites excluding steroid dienone is 4. The van der Waals surface area contributed by atoms with Gasteiger partial charge < -0.3 is 9.13 Å². The maximum absolute atomic E-state index is 5.74. The van der Waals surface area contributed by atoms with Crippen LogP contribution in [-0.2, 0) is 0 Å². The van der Waals surface area contributed by atoms with Gasteiger partial charge in [-0.05, 0) is 128 Å². The van der Waals surface area contributed by atoms with E-state index in [1.165, 1.54) is 87.9 Å². The van der Waals surface area contributed by atoms with Gasteiger partial charge in [0.15, 0.2) is 0 Å². The molecule has 16 rings (SSSR count). The van der Waals surface area contributed by atoms with Crippen molar-refractivity contribution < 1.29 is 0 Å². The van der Waals surface area contributed by atoms with Gasteiger partial charge in [-0.1, -0.05) is 224 Å². The van der Waals surface area contributed by atoms with Crippen LogP contribution in [0.3, 0.4) is 0 Å². The molecule has 1 aliphatic carbocycles. The molecule has 0 fully saturated rings. The molecule has 3 aromatic heterocycles. The fraction of sp³-hybridized carbons (Fsp3) is 0.0263. The van der Waals surface area contributed by atoms with Crippen molar-refractivity contribution in [3.05, 3.63) is 291 Å². The molecule has 0 saturated carbocycles. The van der Waals surface area contributed by atoms with E-state index in [0.717, 1.165) is 67.5 Å². The number of nitrogens with zero attached hydrogens (tertiary/aromatic N) is 4. The summed E-state index contributed by atoms with van der Waals surface area (Å²) in [5.74, 6) is 0. The van der Waals surface area contributed by atoms with Crippen molar-refractivity contribution in [3.63, 3.8) is 0 Å². The SMILES string of the molecule is C1=CC(n2c3ccc(-c4ccccc4)cc3c3cc(-c4ccccc4)ccc32)CC=C1c1nc2c3ccccc3c3ccccc3c2nc1-c1ccc(-n2c3ccc(-c4ccccc4)cc3c3cc(-c4ccccc4)ccc32)cc1. The molecule has 4 nitrogen and oxygen atoms in total. The first-order valence-corrected chi connectivity index (χ1v) is 27.7. The molecule has 80 heavy (non-hydrogen) atoms. The van der Waals surface area contributed by atoms with Gasteiger partial charge in [-0.3, -0.25) is 0 Å². The van der Waals surface area contributed by atoms with E-state index >= 15 is 0 Å². The van der Waals surface area contributed by atoms with Crippen molar-refractivity contribution in [1.82, 2.24) is 19.1 Å². The molecular formula is C76H50N4. The molecule has 15 aromatic rings. The Labute approximate surface area is 463 Å². The summed E-state index contributed by atoms with van der Waals surface area (Å²) >= 11 is 0. The fourth-order valence-electron chi connectivity index (χ4n) is 12.8. The average Bonchev–Trinajstić information content (AvgIpc) is 4.14. The van der Waals surface area contributed by atoms with Crippen LogP contribution in [0.25, 0.3) is 143 Å². The van der Waals surface area contributed by atoms with Crippen LogP contribution in [0.5, 0.6) is 0 Å². The molecule has 0 spiro atoms. The summed E-state index contributed by atoms with van der Waals surface area (Å²) in [6.45, 7) is 0. The number of hydrogen-bond acceptors (Lipinski definition) is 2. The maximum atomic E-state index is 5.74. The summed E-state index contributed by atoms with van der Waals surface area (Å²) in [7, 11) is 0. The summed E-state index contributed by atoms with van der Waals surface area (Å²) in [6.07, 6.45) is 7.86. The zero-order chi connectivity index (χ0) is 52.7. The molecule has 374 valence electrons. The third-order valence-electron chi connectivity index (χ3n) is 16.6. The molecule has 1 unspecified atom stereocenters. The van der Waals surface area contributed by atoms with Crippen LogP contribution in [0, 0.1) is 0 Å². The lowest BCUT2D eigenvalue weighted by atomic mass is 9.95. The number of benzene rings is 12. The molecule has 3 heterocycles. The number of rotatable bonds is 8. The molecule has 0 amide bonds. The maximum Gasteiger partial charge on any atom is 0.0979 e. The van der Waals surface area contributed by atoms with Gasteiger partial charge >= 0.3 is 0 Å². The van der Waals surface area contributed by atoms with E-state index in [9.17, 15) is 0 Å². The Kier molecular flexibility index (Phi) is 10.7. The smallest absolute Gasteiger partial charge is 0.0979 e. The molecule has 0 radical (unpaired) electrons. The molecule has 4 heteroatoms. The van der Waals surface area contributed by atoms with Gasteiger partial charge in [-0.2, -0.15) is 0 Å². The van der Waals surface area contributed by atoms with E-state index in [0.29, 0.717) is 0 Å². The Morgan fingerprint density at radius 3 is 1.07 bits per heavy atom. The Morgan fingerprint density at radius 1 is 0.300 bits per heavy atom. The molecule has 0 aliphatic heterocycles. The topological polar surface area (TPSA) is 35.6 Å². The second-order valence-corrected chi connectivity index (χ2v) is 21.2. The summed E-state index contributed by atoms with van der Waals surface area (Å²) < 4.78 is 4.96. The molecule has 0 bridgehead atoms. The fourth-order valence-corrected chi connectivity index (χ4v) is 12.8. The minimum atomic E-state index is 0.0728. The van der Waals surface area contributed by atoms with E-state index < -0.39 is 0 Å². The highest BCUT2D eigenvalue weighted by Crippen LogP contribution is 2.43. The Bertz CT molecular complexity index is 4800. The lowest BCUT2D eigenvalue weighted by Gasteiger charge is -2.22. The van der Waals surface area contributed by atoms with Crippen molar-refractivity contribution >= 4 is 81.8 Å². The van der Waals surface area contributed by atoms with E-state index in [1.54, 1.807) is 0 Å². The third kappa shape index (κ3) is 7.52. The minimum Gasteiger partial charge on any atom is -0.333 e. The lowest BCUT2D eigenvalue weighted by molar-refractivity contribution is 0.649. The van der Waals surface area contributed by atoms with Gasteiger partial charge in [0, 0.05) is 54.6 Å². The van der Waals surface area contributed by atoms with Crippen LogP contribution >= 0.6 is 0 Å². The molecule has 12 aromatic carbocycles. The van der Waals surface area contributed by atoms with E-state index in [2.05, 4.69) is 294 Å². The van der Waals surface area contributed by atoms with Gasteiger partial charge in [0.25, 0.3) is 0 Å². The van der Waals surface area contributed by atoms with Crippen molar-refractivity contribution in [2.75, 3.05) is 0 Å². The van der Waals surface area contributed by atoms with Crippen LogP contribution in [0.2, 0.25) is 0 Å². The van der Waals surface area contributed by atoms with Crippen molar-refractivity contribution in [1.29, 1.82) is 0 Å². The largest absolute Gasteiger partial charge is 0.333 e. The number of hydrogen-bond donors (Lipinski definition) is 0. The van der Waals surface area contributed by atoms with Crippen molar-refractivity contribution in [3.8, 4) is 61.5 Å². The molecular weight excluding hydrogens is 969 g/mol. The average molecular weight is 1020 g/mol. The van der Waals surface area contributed by atoms with Gasteiger partial charge in [0.2, 0.25) is 0 Å². The first-order valence-electron chi connectivity index (χ1n) is 27.7. The van der Waals surface area contributed by atoms with Crippen LogP contribution < -0.4 is 0 Å². The van der Waals surface area contributed by atoms with E-state index in [4.69, 9.17) is 9.97 Å². The second-order valence-electron chi connectivity index (χ2n) is 21.2. The van der Waals surface area contributed by atoms with Crippen LogP contribution in [-0.4, -0.2) is 19.1 Å². The first kappa shape index (κ1) is 45.7. The highest BCUT2D eigenvalue weighted by atomic mass is 15.0. The molecule has 1 atom stereocenters. The highest BCUT2D eigenvalue weighted by Gasteiger charge is 2.24. The zero-order valence-corrected chi connectivity index (χ0v) is 43.7. The van der Waals surface area contributed by atoms with Gasteiger partial charge in [-0.15, -0.1) is 0 Å². The summed E-state index contributed by atoms with van der Waals surface area (Å²) in [5, 5.41) is 9.49. The van der Waals surface area contributed by atoms with E-state index in [1.807, 2.05) is 0 Å². The predicted octanol–water partition coefficient (Wildman–Crippen LogP) is 20.1. The predicted molar refractivity (Wildman–Crippen MR) is 336 cm³/mol. The normalized spacial score (nSPS) is 13.6. The highest BCUT2D eigenvalue weighted by molar-refractivity contribution is 6.23. The van der Waals surface area contributed by atoms with E-state index in [-0.39, 0.29) is 6.04 Å². The summed E-state index contributed by atoms with van der Waals surface area (Å²) in [6, 6.07) is 96.9. The van der Waals surface area contributed by atoms with Crippen LogP contribution in [0.1, 0.15) is 18.2 Å². The molecule has 0 N–H and O–H groups in total. The Morgan fingerprint density at radius 2 is 0.662 bits per heavy atom. The lowest BCUT2D eigenvalue weighted by Crippen LogP contribution is -2.09.